The summed E-state index contributed by atoms with van der Waals surface area (Å²) in [5.41, 5.74) is 2.27. The standard InChI is InChI=1S/C20H20N4O2S/c1-3-24-19(16-7-5-4-6-8-16)22-23-20(24)27-13-18(26)15-9-11-17(12-10-15)21-14(2)25/h4-12H,3,13H2,1-2H3,(H,21,25). The maximum absolute atomic E-state index is 12.5. The van der Waals surface area contributed by atoms with Crippen LogP contribution in [0.2, 0.25) is 0 Å². The molecule has 0 saturated carbocycles. The highest BCUT2D eigenvalue weighted by molar-refractivity contribution is 7.99. The van der Waals surface area contributed by atoms with E-state index in [1.54, 1.807) is 24.3 Å². The fourth-order valence-corrected chi connectivity index (χ4v) is 3.53. The van der Waals surface area contributed by atoms with E-state index in [4.69, 9.17) is 0 Å². The number of aromatic nitrogens is 3. The first-order valence-corrected chi connectivity index (χ1v) is 9.59. The number of carbonyl (C=O) groups is 2. The number of rotatable bonds is 7. The summed E-state index contributed by atoms with van der Waals surface area (Å²) >= 11 is 1.37. The zero-order valence-corrected chi connectivity index (χ0v) is 16.0. The quantitative estimate of drug-likeness (QED) is 0.497. The van der Waals surface area contributed by atoms with Crippen molar-refractivity contribution in [1.29, 1.82) is 0 Å². The molecule has 1 aromatic heterocycles. The lowest BCUT2D eigenvalue weighted by atomic mass is 10.1. The maximum Gasteiger partial charge on any atom is 0.221 e. The van der Waals surface area contributed by atoms with Gasteiger partial charge in [0, 0.05) is 30.3 Å². The molecular formula is C20H20N4O2S. The van der Waals surface area contributed by atoms with Crippen LogP contribution in [0.15, 0.2) is 59.8 Å². The molecule has 0 aliphatic rings. The largest absolute Gasteiger partial charge is 0.326 e. The second-order valence-corrected chi connectivity index (χ2v) is 6.83. The molecule has 138 valence electrons. The molecule has 0 aliphatic carbocycles. The molecular weight excluding hydrogens is 360 g/mol. The Kier molecular flexibility index (Phi) is 6.03. The lowest BCUT2D eigenvalue weighted by Crippen LogP contribution is -2.07. The van der Waals surface area contributed by atoms with Gasteiger partial charge in [0.2, 0.25) is 5.91 Å². The average molecular weight is 380 g/mol. The summed E-state index contributed by atoms with van der Waals surface area (Å²) in [6, 6.07) is 16.8. The Bertz CT molecular complexity index is 936. The van der Waals surface area contributed by atoms with E-state index in [0.717, 1.165) is 23.1 Å². The molecule has 1 N–H and O–H groups in total. The fraction of sp³-hybridized carbons (Fsp3) is 0.200. The number of ketones is 1. The predicted octanol–water partition coefficient (Wildman–Crippen LogP) is 3.90. The van der Waals surface area contributed by atoms with Gasteiger partial charge in [0.05, 0.1) is 5.75 Å². The Balaban J connectivity index is 1.69. The van der Waals surface area contributed by atoms with E-state index >= 15 is 0 Å². The van der Waals surface area contributed by atoms with Gasteiger partial charge in [0.15, 0.2) is 16.8 Å². The van der Waals surface area contributed by atoms with Gasteiger partial charge in [-0.3, -0.25) is 9.59 Å². The number of carbonyl (C=O) groups excluding carboxylic acids is 2. The van der Waals surface area contributed by atoms with E-state index in [9.17, 15) is 9.59 Å². The van der Waals surface area contributed by atoms with Crippen LogP contribution in [0.3, 0.4) is 0 Å². The van der Waals surface area contributed by atoms with Crippen LogP contribution in [0.25, 0.3) is 11.4 Å². The van der Waals surface area contributed by atoms with Gasteiger partial charge in [-0.1, -0.05) is 42.1 Å². The summed E-state index contributed by atoms with van der Waals surface area (Å²) in [5.74, 6) is 0.929. The zero-order chi connectivity index (χ0) is 19.2. The monoisotopic (exact) mass is 380 g/mol. The van der Waals surface area contributed by atoms with E-state index in [-0.39, 0.29) is 17.4 Å². The van der Waals surface area contributed by atoms with Crippen molar-refractivity contribution in [2.24, 2.45) is 0 Å². The van der Waals surface area contributed by atoms with Gasteiger partial charge in [-0.05, 0) is 31.2 Å². The zero-order valence-electron chi connectivity index (χ0n) is 15.2. The molecule has 0 atom stereocenters. The van der Waals surface area contributed by atoms with Crippen LogP contribution in [-0.4, -0.2) is 32.2 Å². The SMILES string of the molecule is CCn1c(SCC(=O)c2ccc(NC(C)=O)cc2)nnc1-c1ccccc1. The van der Waals surface area contributed by atoms with Crippen molar-refractivity contribution in [1.82, 2.24) is 14.8 Å². The molecule has 0 fully saturated rings. The Labute approximate surface area is 162 Å². The van der Waals surface area contributed by atoms with Crippen LogP contribution < -0.4 is 5.32 Å². The van der Waals surface area contributed by atoms with E-state index in [1.165, 1.54) is 18.7 Å². The summed E-state index contributed by atoms with van der Waals surface area (Å²) in [4.78, 5) is 23.5. The van der Waals surface area contributed by atoms with Crippen LogP contribution in [0.5, 0.6) is 0 Å². The molecule has 0 unspecified atom stereocenters. The Hall–Kier alpha value is -2.93. The third kappa shape index (κ3) is 4.62. The molecule has 27 heavy (non-hydrogen) atoms. The van der Waals surface area contributed by atoms with E-state index in [2.05, 4.69) is 15.5 Å². The first kappa shape index (κ1) is 18.8. The van der Waals surface area contributed by atoms with Gasteiger partial charge in [-0.25, -0.2) is 0 Å². The van der Waals surface area contributed by atoms with Crippen LogP contribution in [0.1, 0.15) is 24.2 Å². The minimum atomic E-state index is -0.141. The van der Waals surface area contributed by atoms with Crippen molar-refractivity contribution in [2.45, 2.75) is 25.5 Å². The van der Waals surface area contributed by atoms with Gasteiger partial charge in [-0.15, -0.1) is 10.2 Å². The molecule has 0 spiro atoms. The molecule has 7 heteroatoms. The Morgan fingerprint density at radius 1 is 1.04 bits per heavy atom. The van der Waals surface area contributed by atoms with Crippen molar-refractivity contribution in [3.05, 3.63) is 60.2 Å². The second-order valence-electron chi connectivity index (χ2n) is 5.89. The maximum atomic E-state index is 12.5. The molecule has 1 heterocycles. The Morgan fingerprint density at radius 3 is 2.37 bits per heavy atom. The van der Waals surface area contributed by atoms with Gasteiger partial charge >= 0.3 is 0 Å². The third-order valence-electron chi connectivity index (χ3n) is 3.92. The topological polar surface area (TPSA) is 76.9 Å². The predicted molar refractivity (Wildman–Crippen MR) is 107 cm³/mol. The summed E-state index contributed by atoms with van der Waals surface area (Å²) in [5, 5.41) is 11.9. The lowest BCUT2D eigenvalue weighted by molar-refractivity contribution is -0.114. The van der Waals surface area contributed by atoms with E-state index in [0.29, 0.717) is 11.3 Å². The van der Waals surface area contributed by atoms with Crippen LogP contribution in [0.4, 0.5) is 5.69 Å². The number of anilines is 1. The molecule has 1 amide bonds. The molecule has 0 radical (unpaired) electrons. The fourth-order valence-electron chi connectivity index (χ4n) is 2.64. The number of nitrogens with zero attached hydrogens (tertiary/aromatic N) is 3. The van der Waals surface area contributed by atoms with Crippen LogP contribution in [0, 0.1) is 0 Å². The van der Waals surface area contributed by atoms with Crippen molar-refractivity contribution in [2.75, 3.05) is 11.1 Å². The van der Waals surface area contributed by atoms with Crippen molar-refractivity contribution in [3.8, 4) is 11.4 Å². The summed E-state index contributed by atoms with van der Waals surface area (Å²) in [7, 11) is 0. The minimum Gasteiger partial charge on any atom is -0.326 e. The van der Waals surface area contributed by atoms with Crippen LogP contribution >= 0.6 is 11.8 Å². The highest BCUT2D eigenvalue weighted by Gasteiger charge is 2.15. The molecule has 3 aromatic rings. The highest BCUT2D eigenvalue weighted by atomic mass is 32.2. The number of amides is 1. The number of benzene rings is 2. The number of nitrogens with one attached hydrogen (secondary N) is 1. The lowest BCUT2D eigenvalue weighted by Gasteiger charge is -2.07. The van der Waals surface area contributed by atoms with Crippen LogP contribution in [-0.2, 0) is 11.3 Å². The average Bonchev–Trinajstić information content (AvgIpc) is 3.10. The first-order chi connectivity index (χ1) is 13.1. The van der Waals surface area contributed by atoms with Gasteiger partial charge in [0.1, 0.15) is 0 Å². The highest BCUT2D eigenvalue weighted by Crippen LogP contribution is 2.24. The molecule has 0 bridgehead atoms. The van der Waals surface area contributed by atoms with Gasteiger partial charge in [0.25, 0.3) is 0 Å². The minimum absolute atomic E-state index is 0.00119. The molecule has 6 nitrogen and oxygen atoms in total. The van der Waals surface area contributed by atoms with Gasteiger partial charge < -0.3 is 9.88 Å². The summed E-state index contributed by atoms with van der Waals surface area (Å²) in [6.45, 7) is 4.20. The molecule has 0 saturated heterocycles. The summed E-state index contributed by atoms with van der Waals surface area (Å²) in [6.07, 6.45) is 0. The van der Waals surface area contributed by atoms with Crippen molar-refractivity contribution >= 4 is 29.1 Å². The number of hydrogen-bond acceptors (Lipinski definition) is 5. The van der Waals surface area contributed by atoms with Crippen molar-refractivity contribution in [3.63, 3.8) is 0 Å². The third-order valence-corrected chi connectivity index (χ3v) is 4.89. The van der Waals surface area contributed by atoms with E-state index < -0.39 is 0 Å². The summed E-state index contributed by atoms with van der Waals surface area (Å²) < 4.78 is 2.01. The molecule has 0 aliphatic heterocycles. The van der Waals surface area contributed by atoms with Gasteiger partial charge in [-0.2, -0.15) is 0 Å². The molecule has 2 aromatic carbocycles. The first-order valence-electron chi connectivity index (χ1n) is 8.60. The Morgan fingerprint density at radius 2 is 1.74 bits per heavy atom. The molecule has 3 rings (SSSR count). The smallest absolute Gasteiger partial charge is 0.221 e. The number of thioether (sulfide) groups is 1. The second kappa shape index (κ2) is 8.64. The normalized spacial score (nSPS) is 10.6. The number of Topliss-reactive ketones (excluding diaryl/α,β-unsaturated/α-hetero) is 1. The van der Waals surface area contributed by atoms with E-state index in [1.807, 2.05) is 41.8 Å². The number of hydrogen-bond donors (Lipinski definition) is 1. The van der Waals surface area contributed by atoms with Crippen molar-refractivity contribution < 1.29 is 9.59 Å².